The van der Waals surface area contributed by atoms with Crippen molar-refractivity contribution >= 4 is 17.5 Å². The number of ketones is 2. The van der Waals surface area contributed by atoms with E-state index in [0.717, 1.165) is 0 Å². The van der Waals surface area contributed by atoms with Gasteiger partial charge in [0.1, 0.15) is 5.60 Å². The van der Waals surface area contributed by atoms with Gasteiger partial charge in [-0.1, -0.05) is 0 Å². The van der Waals surface area contributed by atoms with Crippen LogP contribution < -0.4 is 0 Å². The lowest BCUT2D eigenvalue weighted by Gasteiger charge is -2.20. The second-order valence-electron chi connectivity index (χ2n) is 4.81. The van der Waals surface area contributed by atoms with Crippen LogP contribution in [0.15, 0.2) is 0 Å². The summed E-state index contributed by atoms with van der Waals surface area (Å²) in [6.07, 6.45) is 0.783. The first kappa shape index (κ1) is 11.9. The van der Waals surface area contributed by atoms with E-state index in [9.17, 15) is 14.4 Å². The Morgan fingerprint density at radius 2 is 2.00 bits per heavy atom. The first-order valence-corrected chi connectivity index (χ1v) is 5.08. The number of rotatable bonds is 2. The summed E-state index contributed by atoms with van der Waals surface area (Å²) in [4.78, 5) is 33.6. The summed E-state index contributed by atoms with van der Waals surface area (Å²) in [5.41, 5.74) is -0.539. The standard InChI is InChI=1S/C11H16O4/c1-11(2,3)15-9(13)6-7-4-5-8(12)10(7)14/h7H,4-6H2,1-3H3. The van der Waals surface area contributed by atoms with E-state index in [2.05, 4.69) is 0 Å². The van der Waals surface area contributed by atoms with Crippen LogP contribution in [0.1, 0.15) is 40.0 Å². The van der Waals surface area contributed by atoms with E-state index in [0.29, 0.717) is 6.42 Å². The summed E-state index contributed by atoms with van der Waals surface area (Å²) in [7, 11) is 0. The monoisotopic (exact) mass is 212 g/mol. The molecule has 1 aliphatic rings. The van der Waals surface area contributed by atoms with E-state index in [1.54, 1.807) is 20.8 Å². The van der Waals surface area contributed by atoms with Crippen molar-refractivity contribution in [1.82, 2.24) is 0 Å². The largest absolute Gasteiger partial charge is 0.460 e. The third-order valence-electron chi connectivity index (χ3n) is 2.20. The molecule has 84 valence electrons. The third kappa shape index (κ3) is 3.46. The molecule has 1 rings (SSSR count). The highest BCUT2D eigenvalue weighted by molar-refractivity contribution is 6.40. The van der Waals surface area contributed by atoms with Crippen molar-refractivity contribution in [2.24, 2.45) is 5.92 Å². The Labute approximate surface area is 89.0 Å². The van der Waals surface area contributed by atoms with Gasteiger partial charge >= 0.3 is 5.97 Å². The van der Waals surface area contributed by atoms with Crippen molar-refractivity contribution < 1.29 is 19.1 Å². The van der Waals surface area contributed by atoms with Gasteiger partial charge in [-0.05, 0) is 27.2 Å². The van der Waals surface area contributed by atoms with Gasteiger partial charge in [0.05, 0.1) is 6.42 Å². The molecule has 0 amide bonds. The first-order chi connectivity index (χ1) is 6.79. The smallest absolute Gasteiger partial charge is 0.307 e. The van der Waals surface area contributed by atoms with E-state index in [-0.39, 0.29) is 18.6 Å². The lowest BCUT2D eigenvalue weighted by molar-refractivity contribution is -0.156. The van der Waals surface area contributed by atoms with Gasteiger partial charge in [-0.3, -0.25) is 14.4 Å². The van der Waals surface area contributed by atoms with Crippen LogP contribution in [-0.4, -0.2) is 23.1 Å². The van der Waals surface area contributed by atoms with Crippen molar-refractivity contribution in [3.63, 3.8) is 0 Å². The maximum Gasteiger partial charge on any atom is 0.307 e. The molecule has 0 aromatic rings. The average Bonchev–Trinajstić information content (AvgIpc) is 2.32. The minimum absolute atomic E-state index is 0.0296. The molecule has 1 fully saturated rings. The highest BCUT2D eigenvalue weighted by Crippen LogP contribution is 2.23. The molecule has 0 heterocycles. The molecule has 0 aliphatic heterocycles. The summed E-state index contributed by atoms with van der Waals surface area (Å²) >= 11 is 0. The molecule has 15 heavy (non-hydrogen) atoms. The molecule has 4 nitrogen and oxygen atoms in total. The van der Waals surface area contributed by atoms with Gasteiger partial charge in [0, 0.05) is 12.3 Å². The average molecular weight is 212 g/mol. The zero-order valence-electron chi connectivity index (χ0n) is 9.33. The Kier molecular flexibility index (Phi) is 3.27. The number of carbonyl (C=O) groups is 3. The van der Waals surface area contributed by atoms with Gasteiger partial charge in [0.15, 0.2) is 5.78 Å². The van der Waals surface area contributed by atoms with Crippen LogP contribution in [0.5, 0.6) is 0 Å². The molecule has 1 unspecified atom stereocenters. The number of hydrogen-bond donors (Lipinski definition) is 0. The SMILES string of the molecule is CC(C)(C)OC(=O)CC1CCC(=O)C1=O. The van der Waals surface area contributed by atoms with Gasteiger partial charge in [-0.25, -0.2) is 0 Å². The Morgan fingerprint density at radius 1 is 1.40 bits per heavy atom. The van der Waals surface area contributed by atoms with Crippen LogP contribution in [0.3, 0.4) is 0 Å². The van der Waals surface area contributed by atoms with E-state index in [4.69, 9.17) is 4.74 Å². The normalized spacial score (nSPS) is 21.9. The van der Waals surface area contributed by atoms with Crippen molar-refractivity contribution in [3.05, 3.63) is 0 Å². The number of ether oxygens (including phenoxy) is 1. The Bertz CT molecular complexity index is 298. The molecule has 0 spiro atoms. The van der Waals surface area contributed by atoms with Crippen molar-refractivity contribution in [1.29, 1.82) is 0 Å². The van der Waals surface area contributed by atoms with Gasteiger partial charge in [0.25, 0.3) is 0 Å². The number of hydrogen-bond acceptors (Lipinski definition) is 4. The molecular weight excluding hydrogens is 196 g/mol. The molecule has 0 aromatic carbocycles. The molecular formula is C11H16O4. The topological polar surface area (TPSA) is 60.4 Å². The quantitative estimate of drug-likeness (QED) is 0.511. The van der Waals surface area contributed by atoms with Gasteiger partial charge in [-0.15, -0.1) is 0 Å². The Hall–Kier alpha value is -1.19. The number of esters is 1. The summed E-state index contributed by atoms with van der Waals surface area (Å²) in [6.45, 7) is 5.31. The lowest BCUT2D eigenvalue weighted by Crippen LogP contribution is -2.26. The Morgan fingerprint density at radius 3 is 2.40 bits per heavy atom. The van der Waals surface area contributed by atoms with Crippen molar-refractivity contribution in [2.75, 3.05) is 0 Å². The fourth-order valence-electron chi connectivity index (χ4n) is 1.57. The van der Waals surface area contributed by atoms with E-state index in [1.807, 2.05) is 0 Å². The van der Waals surface area contributed by atoms with E-state index < -0.39 is 23.3 Å². The molecule has 1 aliphatic carbocycles. The molecule has 0 bridgehead atoms. The van der Waals surface area contributed by atoms with Gasteiger partial charge < -0.3 is 4.74 Å². The van der Waals surface area contributed by atoms with Crippen LogP contribution in [0.2, 0.25) is 0 Å². The molecule has 1 atom stereocenters. The summed E-state index contributed by atoms with van der Waals surface area (Å²) in [5.74, 6) is -1.63. The van der Waals surface area contributed by atoms with Gasteiger partial charge in [-0.2, -0.15) is 0 Å². The van der Waals surface area contributed by atoms with Crippen LogP contribution in [-0.2, 0) is 19.1 Å². The maximum absolute atomic E-state index is 11.4. The summed E-state index contributed by atoms with van der Waals surface area (Å²) in [6, 6.07) is 0. The van der Waals surface area contributed by atoms with Crippen molar-refractivity contribution in [2.45, 2.75) is 45.6 Å². The number of Topliss-reactive ketones (excluding diaryl/α,β-unsaturated/α-hetero) is 2. The van der Waals surface area contributed by atoms with Gasteiger partial charge in [0.2, 0.25) is 5.78 Å². The van der Waals surface area contributed by atoms with E-state index in [1.165, 1.54) is 0 Å². The summed E-state index contributed by atoms with van der Waals surface area (Å²) in [5, 5.41) is 0. The first-order valence-electron chi connectivity index (χ1n) is 5.08. The second-order valence-corrected chi connectivity index (χ2v) is 4.81. The molecule has 4 heteroatoms. The van der Waals surface area contributed by atoms with Crippen LogP contribution in [0.4, 0.5) is 0 Å². The third-order valence-corrected chi connectivity index (χ3v) is 2.20. The van der Waals surface area contributed by atoms with Crippen LogP contribution >= 0.6 is 0 Å². The molecule has 1 saturated carbocycles. The van der Waals surface area contributed by atoms with Crippen LogP contribution in [0.25, 0.3) is 0 Å². The predicted molar refractivity (Wildman–Crippen MR) is 53.2 cm³/mol. The number of carbonyl (C=O) groups excluding carboxylic acids is 3. The molecule has 0 saturated heterocycles. The fourth-order valence-corrected chi connectivity index (χ4v) is 1.57. The Balaban J connectivity index is 2.46. The highest BCUT2D eigenvalue weighted by Gasteiger charge is 2.34. The zero-order chi connectivity index (χ0) is 11.6. The lowest BCUT2D eigenvalue weighted by atomic mass is 10.0. The highest BCUT2D eigenvalue weighted by atomic mass is 16.6. The molecule has 0 radical (unpaired) electrons. The summed E-state index contributed by atoms with van der Waals surface area (Å²) < 4.78 is 5.08. The molecule has 0 aromatic heterocycles. The van der Waals surface area contributed by atoms with Crippen molar-refractivity contribution in [3.8, 4) is 0 Å². The zero-order valence-corrected chi connectivity index (χ0v) is 9.33. The fraction of sp³-hybridized carbons (Fsp3) is 0.727. The van der Waals surface area contributed by atoms with E-state index >= 15 is 0 Å². The minimum atomic E-state index is -0.539. The minimum Gasteiger partial charge on any atom is -0.460 e. The second kappa shape index (κ2) is 4.13. The maximum atomic E-state index is 11.4. The van der Waals surface area contributed by atoms with Crippen LogP contribution in [0, 0.1) is 5.92 Å². The molecule has 0 N–H and O–H groups in total. The predicted octanol–water partition coefficient (Wildman–Crippen LogP) is 1.27.